The van der Waals surface area contributed by atoms with Gasteiger partial charge in [0.2, 0.25) is 5.91 Å². The lowest BCUT2D eigenvalue weighted by atomic mass is 9.33. The molecule has 7 rings (SSSR count). The molecule has 65 heavy (non-hydrogen) atoms. The van der Waals surface area contributed by atoms with Gasteiger partial charge in [-0.3, -0.25) is 24.0 Å². The maximum atomic E-state index is 14.5. The van der Waals surface area contributed by atoms with Crippen molar-refractivity contribution in [2.75, 3.05) is 6.61 Å². The molecule has 1 aromatic heterocycles. The number of allylic oxidation sites excluding steroid dienone is 1. The third kappa shape index (κ3) is 7.34. The normalized spacial score (nSPS) is 36.0. The molecule has 360 valence electrons. The van der Waals surface area contributed by atoms with Gasteiger partial charge in [0, 0.05) is 17.9 Å². The standard InChI is InChI=1S/C49H69F3N4O9/c1-13-64-41(63)56-29(23-33(55-56)49(50,51)52)37(58)53-44(8,9)40(62)54-48-21-20-46(11)26(36(48)35(25(2)3)30(57)24-48)14-15-32-45(10)18-17-34(43(6,7)31(45)16-19-47(32,46)12)65-39(61)28-22-27(38(59)60)42(28,4)5/h23,25-28,31-32,34H,13-22,24H2,1-12H3,(H,53,58)(H,54,62)(H,59,60)/t26-,27+,28-,31+,32-,34+,45+,46-,47-,48-/m1/s1. The van der Waals surface area contributed by atoms with Crippen molar-refractivity contribution in [2.24, 2.45) is 62.6 Å². The minimum Gasteiger partial charge on any atom is -0.481 e. The number of rotatable bonds is 9. The Hall–Kier alpha value is -4.24. The van der Waals surface area contributed by atoms with Crippen LogP contribution in [0.5, 0.6) is 0 Å². The van der Waals surface area contributed by atoms with Crippen LogP contribution in [0.2, 0.25) is 0 Å². The number of nitrogens with zero attached hydrogens (tertiary/aromatic N) is 2. The highest BCUT2D eigenvalue weighted by atomic mass is 19.4. The number of amides is 2. The molecule has 0 aliphatic heterocycles. The van der Waals surface area contributed by atoms with Crippen LogP contribution in [-0.2, 0) is 34.8 Å². The molecule has 10 atom stereocenters. The molecule has 0 bridgehead atoms. The summed E-state index contributed by atoms with van der Waals surface area (Å²) in [5.41, 5.74) is -4.77. The summed E-state index contributed by atoms with van der Waals surface area (Å²) in [5, 5.41) is 18.7. The Balaban J connectivity index is 1.13. The number of aromatic nitrogens is 2. The SMILES string of the molecule is CCOC(=O)n1nc(C(F)(F)F)cc1C(=O)NC(C)(C)C(=O)N[C@@]12CC[C@]3(C)[C@H](CC[C@@H]4[C@@]5(C)CC[C@H](OC(=O)[C@H]6C[C@@H](C(=O)O)C6(C)C)C(C)(C)[C@@H]5CC[C@]43C)C1=C(C(C)C)C(=O)C2. The number of fused-ring (bicyclic) bond motifs is 7. The van der Waals surface area contributed by atoms with Gasteiger partial charge in [0.1, 0.15) is 17.3 Å². The molecule has 1 heterocycles. The number of alkyl halides is 3. The lowest BCUT2D eigenvalue weighted by Crippen LogP contribution is -2.68. The van der Waals surface area contributed by atoms with E-state index in [1.807, 2.05) is 27.7 Å². The first kappa shape index (κ1) is 48.7. The van der Waals surface area contributed by atoms with Gasteiger partial charge in [0.15, 0.2) is 11.5 Å². The van der Waals surface area contributed by atoms with Crippen LogP contribution in [0.3, 0.4) is 0 Å². The molecular formula is C49H69F3N4O9. The molecule has 5 fully saturated rings. The van der Waals surface area contributed by atoms with Crippen molar-refractivity contribution < 1.29 is 56.5 Å². The number of ether oxygens (including phenoxy) is 2. The van der Waals surface area contributed by atoms with E-state index in [0.29, 0.717) is 24.8 Å². The number of carboxylic acid groups (broad SMARTS) is 1. The number of halogens is 3. The zero-order valence-electron chi connectivity index (χ0n) is 40.1. The Morgan fingerprint density at radius 2 is 1.55 bits per heavy atom. The van der Waals surface area contributed by atoms with Gasteiger partial charge in [-0.1, -0.05) is 62.3 Å². The molecule has 2 amide bonds. The summed E-state index contributed by atoms with van der Waals surface area (Å²) >= 11 is 0. The highest BCUT2D eigenvalue weighted by molar-refractivity contribution is 6.04. The zero-order valence-corrected chi connectivity index (χ0v) is 40.1. The van der Waals surface area contributed by atoms with E-state index >= 15 is 0 Å². The van der Waals surface area contributed by atoms with Crippen molar-refractivity contribution in [1.82, 2.24) is 20.4 Å². The van der Waals surface area contributed by atoms with Crippen molar-refractivity contribution in [3.63, 3.8) is 0 Å². The fourth-order valence-electron chi connectivity index (χ4n) is 14.7. The minimum atomic E-state index is -4.97. The van der Waals surface area contributed by atoms with Crippen LogP contribution in [0, 0.1) is 62.6 Å². The van der Waals surface area contributed by atoms with E-state index in [2.05, 4.69) is 50.4 Å². The first-order valence-corrected chi connectivity index (χ1v) is 23.5. The first-order valence-electron chi connectivity index (χ1n) is 23.5. The van der Waals surface area contributed by atoms with Gasteiger partial charge < -0.3 is 25.2 Å². The molecule has 6 aliphatic carbocycles. The van der Waals surface area contributed by atoms with E-state index in [0.717, 1.165) is 49.7 Å². The maximum Gasteiger partial charge on any atom is 0.435 e. The number of ketones is 1. The quantitative estimate of drug-likeness (QED) is 0.202. The van der Waals surface area contributed by atoms with E-state index in [1.54, 1.807) is 0 Å². The van der Waals surface area contributed by atoms with Crippen molar-refractivity contribution in [2.45, 2.75) is 171 Å². The van der Waals surface area contributed by atoms with Gasteiger partial charge >= 0.3 is 24.2 Å². The Labute approximate surface area is 380 Å². The van der Waals surface area contributed by atoms with Crippen LogP contribution >= 0.6 is 0 Å². The van der Waals surface area contributed by atoms with Gasteiger partial charge in [0.25, 0.3) is 5.91 Å². The summed E-state index contributed by atoms with van der Waals surface area (Å²) in [7, 11) is 0. The third-order valence-corrected chi connectivity index (χ3v) is 18.5. The van der Waals surface area contributed by atoms with Crippen LogP contribution < -0.4 is 10.6 Å². The largest absolute Gasteiger partial charge is 0.481 e. The van der Waals surface area contributed by atoms with Crippen LogP contribution in [0.15, 0.2) is 17.2 Å². The zero-order chi connectivity index (χ0) is 48.4. The molecule has 0 aromatic carbocycles. The number of Topliss-reactive ketones (excluding diaryl/α,β-unsaturated/α-hetero) is 1. The van der Waals surface area contributed by atoms with Gasteiger partial charge in [0.05, 0.1) is 24.0 Å². The van der Waals surface area contributed by atoms with Crippen LogP contribution in [-0.4, -0.2) is 74.3 Å². The lowest BCUT2D eigenvalue weighted by Gasteiger charge is -2.72. The fraction of sp³-hybridized carbons (Fsp3) is 0.776. The number of aliphatic carboxylic acids is 1. The molecule has 0 saturated heterocycles. The number of carbonyl (C=O) groups excluding carboxylic acids is 5. The second kappa shape index (κ2) is 15.7. The predicted molar refractivity (Wildman–Crippen MR) is 232 cm³/mol. The Morgan fingerprint density at radius 1 is 0.892 bits per heavy atom. The summed E-state index contributed by atoms with van der Waals surface area (Å²) in [6.45, 7) is 23.5. The summed E-state index contributed by atoms with van der Waals surface area (Å²) in [6, 6.07) is 0.439. The van der Waals surface area contributed by atoms with Gasteiger partial charge in [-0.25, -0.2) is 4.79 Å². The smallest absolute Gasteiger partial charge is 0.435 e. The summed E-state index contributed by atoms with van der Waals surface area (Å²) in [4.78, 5) is 80.5. The Bertz CT molecular complexity index is 2230. The van der Waals surface area contributed by atoms with Crippen LogP contribution in [0.1, 0.15) is 163 Å². The molecule has 0 spiro atoms. The summed E-state index contributed by atoms with van der Waals surface area (Å²) in [6.07, 6.45) is 0.147. The van der Waals surface area contributed by atoms with E-state index in [9.17, 15) is 47.0 Å². The molecule has 5 saturated carbocycles. The Kier molecular flexibility index (Phi) is 11.7. The molecular weight excluding hydrogens is 846 g/mol. The molecule has 1 aromatic rings. The topological polar surface area (TPSA) is 183 Å². The second-order valence-corrected chi connectivity index (χ2v) is 23.1. The monoisotopic (exact) mass is 915 g/mol. The van der Waals surface area contributed by atoms with Crippen molar-refractivity contribution >= 4 is 35.6 Å². The van der Waals surface area contributed by atoms with E-state index in [-0.39, 0.29) is 81.4 Å². The predicted octanol–water partition coefficient (Wildman–Crippen LogP) is 8.92. The maximum absolute atomic E-state index is 14.5. The van der Waals surface area contributed by atoms with E-state index in [1.165, 1.54) is 20.8 Å². The molecule has 0 radical (unpaired) electrons. The van der Waals surface area contributed by atoms with Crippen molar-refractivity contribution in [3.05, 3.63) is 28.6 Å². The molecule has 0 unspecified atom stereocenters. The van der Waals surface area contributed by atoms with Crippen LogP contribution in [0.4, 0.5) is 18.0 Å². The minimum absolute atomic E-state index is 0.0271. The van der Waals surface area contributed by atoms with E-state index in [4.69, 9.17) is 9.47 Å². The molecule has 16 heteroatoms. The molecule has 3 N–H and O–H groups in total. The number of carboxylic acids is 1. The Morgan fingerprint density at radius 3 is 2.14 bits per heavy atom. The van der Waals surface area contributed by atoms with Crippen LogP contribution in [0.25, 0.3) is 0 Å². The number of hydrogen-bond donors (Lipinski definition) is 3. The first-order chi connectivity index (χ1) is 29.8. The third-order valence-electron chi connectivity index (χ3n) is 18.5. The van der Waals surface area contributed by atoms with Gasteiger partial charge in [-0.15, -0.1) is 0 Å². The lowest BCUT2D eigenvalue weighted by molar-refractivity contribution is -0.235. The number of nitrogens with one attached hydrogen (secondary N) is 2. The highest BCUT2D eigenvalue weighted by Gasteiger charge is 2.71. The summed E-state index contributed by atoms with van der Waals surface area (Å²) < 4.78 is 52.6. The fourth-order valence-corrected chi connectivity index (χ4v) is 14.7. The molecule has 13 nitrogen and oxygen atoms in total. The van der Waals surface area contributed by atoms with Gasteiger partial charge in [-0.2, -0.15) is 23.0 Å². The average Bonchev–Trinajstić information content (AvgIpc) is 3.76. The van der Waals surface area contributed by atoms with Gasteiger partial charge in [-0.05, 0) is 135 Å². The van der Waals surface area contributed by atoms with Crippen molar-refractivity contribution in [3.8, 4) is 0 Å². The van der Waals surface area contributed by atoms with E-state index < -0.39 is 69.8 Å². The number of esters is 1. The number of hydrogen-bond acceptors (Lipinski definition) is 9. The summed E-state index contributed by atoms with van der Waals surface area (Å²) in [5.74, 6) is -3.59. The average molecular weight is 915 g/mol. The molecule has 6 aliphatic rings. The second-order valence-electron chi connectivity index (χ2n) is 23.1. The highest BCUT2D eigenvalue weighted by Crippen LogP contribution is 2.76. The number of carbonyl (C=O) groups is 6. The van der Waals surface area contributed by atoms with Crippen molar-refractivity contribution in [1.29, 1.82) is 0 Å².